The number of rotatable bonds is 5. The van der Waals surface area contributed by atoms with Gasteiger partial charge in [0.25, 0.3) is 5.91 Å². The molecule has 0 unspecified atom stereocenters. The van der Waals surface area contributed by atoms with Crippen molar-refractivity contribution in [2.24, 2.45) is 14.1 Å². The Labute approximate surface area is 180 Å². The van der Waals surface area contributed by atoms with Gasteiger partial charge in [-0.1, -0.05) is 18.2 Å². The van der Waals surface area contributed by atoms with Gasteiger partial charge in [-0.05, 0) is 30.3 Å². The molecule has 1 aliphatic heterocycles. The first-order valence-corrected chi connectivity index (χ1v) is 11.3. The van der Waals surface area contributed by atoms with Gasteiger partial charge in [-0.2, -0.15) is 4.31 Å². The first-order chi connectivity index (χ1) is 14.8. The number of ether oxygens (including phenoxy) is 1. The molecule has 3 aromatic rings. The third-order valence-corrected chi connectivity index (χ3v) is 7.47. The van der Waals surface area contributed by atoms with Gasteiger partial charge in [-0.25, -0.2) is 13.2 Å². The summed E-state index contributed by atoms with van der Waals surface area (Å²) in [6, 6.07) is 13.8. The summed E-state index contributed by atoms with van der Waals surface area (Å²) in [6.45, 7) is 0.899. The van der Waals surface area contributed by atoms with E-state index in [0.717, 1.165) is 0 Å². The molecule has 0 aliphatic carbocycles. The number of sulfonamides is 1. The van der Waals surface area contributed by atoms with Gasteiger partial charge in [0.2, 0.25) is 10.0 Å². The maximum Gasteiger partial charge on any atom is 0.328 e. The first-order valence-electron chi connectivity index (χ1n) is 9.90. The van der Waals surface area contributed by atoms with Crippen LogP contribution in [0.3, 0.4) is 0 Å². The Balaban J connectivity index is 1.43. The van der Waals surface area contributed by atoms with Crippen molar-refractivity contribution in [2.75, 3.05) is 32.8 Å². The minimum atomic E-state index is -3.74. The van der Waals surface area contributed by atoms with E-state index in [-0.39, 0.29) is 36.2 Å². The van der Waals surface area contributed by atoms with Gasteiger partial charge in [0.05, 0.1) is 15.9 Å². The molecule has 1 amide bonds. The number of hydrogen-bond acceptors (Lipinski definition) is 5. The zero-order valence-corrected chi connectivity index (χ0v) is 18.2. The lowest BCUT2D eigenvalue weighted by atomic mass is 10.3. The van der Waals surface area contributed by atoms with Crippen LogP contribution in [0.2, 0.25) is 0 Å². The monoisotopic (exact) mass is 444 g/mol. The third kappa shape index (κ3) is 3.96. The molecule has 2 heterocycles. The number of fused-ring (bicyclic) bond motifs is 1. The smallest absolute Gasteiger partial charge is 0.328 e. The molecule has 0 radical (unpaired) electrons. The van der Waals surface area contributed by atoms with Crippen LogP contribution in [0.25, 0.3) is 11.0 Å². The van der Waals surface area contributed by atoms with Crippen LogP contribution >= 0.6 is 0 Å². The molecule has 31 heavy (non-hydrogen) atoms. The van der Waals surface area contributed by atoms with Gasteiger partial charge < -0.3 is 9.64 Å². The van der Waals surface area contributed by atoms with Gasteiger partial charge in [0.15, 0.2) is 6.61 Å². The Bertz CT molecular complexity index is 1270. The van der Waals surface area contributed by atoms with E-state index in [1.54, 1.807) is 37.2 Å². The van der Waals surface area contributed by atoms with Gasteiger partial charge in [-0.15, -0.1) is 0 Å². The summed E-state index contributed by atoms with van der Waals surface area (Å²) in [6.07, 6.45) is 0. The zero-order valence-electron chi connectivity index (χ0n) is 17.4. The Morgan fingerprint density at radius 2 is 1.58 bits per heavy atom. The Morgan fingerprint density at radius 1 is 0.935 bits per heavy atom. The molecule has 10 heteroatoms. The van der Waals surface area contributed by atoms with Crippen molar-refractivity contribution < 1.29 is 17.9 Å². The Hall–Kier alpha value is -3.11. The van der Waals surface area contributed by atoms with Crippen molar-refractivity contribution in [3.63, 3.8) is 0 Å². The van der Waals surface area contributed by atoms with Crippen LogP contribution in [-0.2, 0) is 28.9 Å². The van der Waals surface area contributed by atoms with Crippen molar-refractivity contribution in [3.8, 4) is 5.75 Å². The molecule has 0 saturated carbocycles. The molecular formula is C21H24N4O5S. The second-order valence-electron chi connectivity index (χ2n) is 7.44. The topological polar surface area (TPSA) is 93.9 Å². The van der Waals surface area contributed by atoms with Crippen LogP contribution in [0, 0.1) is 0 Å². The Morgan fingerprint density at radius 3 is 2.26 bits per heavy atom. The fourth-order valence-electron chi connectivity index (χ4n) is 3.73. The molecule has 1 aromatic heterocycles. The van der Waals surface area contributed by atoms with Crippen LogP contribution in [0.15, 0.2) is 58.2 Å². The summed E-state index contributed by atoms with van der Waals surface area (Å²) >= 11 is 0. The molecule has 2 aromatic carbocycles. The molecule has 0 bridgehead atoms. The van der Waals surface area contributed by atoms with Crippen LogP contribution in [0.4, 0.5) is 0 Å². The SMILES string of the molecule is Cn1c(=O)n(C)c2cc(S(=O)(=O)N3CCN(C(=O)COc4ccccc4)CC3)ccc21. The molecule has 164 valence electrons. The fraction of sp³-hybridized carbons (Fsp3) is 0.333. The van der Waals surface area contributed by atoms with Crippen LogP contribution in [0.1, 0.15) is 0 Å². The van der Waals surface area contributed by atoms with Gasteiger partial charge in [0.1, 0.15) is 5.75 Å². The average Bonchev–Trinajstić information content (AvgIpc) is 3.02. The summed E-state index contributed by atoms with van der Waals surface area (Å²) < 4.78 is 36.0. The number of nitrogens with zero attached hydrogens (tertiary/aromatic N) is 4. The van der Waals surface area contributed by atoms with Gasteiger partial charge >= 0.3 is 5.69 Å². The second kappa shape index (κ2) is 8.20. The lowest BCUT2D eigenvalue weighted by Crippen LogP contribution is -2.51. The predicted octanol–water partition coefficient (Wildman–Crippen LogP) is 0.789. The van der Waals surface area contributed by atoms with Gasteiger partial charge in [0, 0.05) is 40.3 Å². The Kier molecular flexibility index (Phi) is 5.59. The van der Waals surface area contributed by atoms with E-state index in [0.29, 0.717) is 29.9 Å². The van der Waals surface area contributed by atoms with Crippen molar-refractivity contribution >= 4 is 27.0 Å². The minimum absolute atomic E-state index is 0.0878. The number of hydrogen-bond donors (Lipinski definition) is 0. The van der Waals surface area contributed by atoms with Crippen molar-refractivity contribution in [3.05, 3.63) is 59.0 Å². The number of carbonyl (C=O) groups excluding carboxylic acids is 1. The van der Waals surface area contributed by atoms with Crippen LogP contribution in [0.5, 0.6) is 5.75 Å². The number of para-hydroxylation sites is 1. The van der Waals surface area contributed by atoms with E-state index in [2.05, 4.69) is 0 Å². The number of amides is 1. The van der Waals surface area contributed by atoms with Crippen molar-refractivity contribution in [1.29, 1.82) is 0 Å². The zero-order chi connectivity index (χ0) is 22.2. The standard InChI is InChI=1S/C21H24N4O5S/c1-22-18-9-8-17(14-19(18)23(2)21(22)27)31(28,29)25-12-10-24(11-13-25)20(26)15-30-16-6-4-3-5-7-16/h3-9,14H,10-13,15H2,1-2H3. The van der Waals surface area contributed by atoms with E-state index in [1.807, 2.05) is 18.2 Å². The van der Waals surface area contributed by atoms with E-state index < -0.39 is 10.0 Å². The minimum Gasteiger partial charge on any atom is -0.484 e. The predicted molar refractivity (Wildman–Crippen MR) is 115 cm³/mol. The summed E-state index contributed by atoms with van der Waals surface area (Å²) in [7, 11) is -0.475. The highest BCUT2D eigenvalue weighted by Gasteiger charge is 2.30. The average molecular weight is 445 g/mol. The summed E-state index contributed by atoms with van der Waals surface area (Å²) in [4.78, 5) is 26.3. The van der Waals surface area contributed by atoms with Gasteiger partial charge in [-0.3, -0.25) is 13.9 Å². The number of carbonyl (C=O) groups is 1. The van der Waals surface area contributed by atoms with Crippen LogP contribution in [-0.4, -0.2) is 65.5 Å². The highest BCUT2D eigenvalue weighted by atomic mass is 32.2. The fourth-order valence-corrected chi connectivity index (χ4v) is 5.17. The normalized spacial score (nSPS) is 15.4. The molecule has 9 nitrogen and oxygen atoms in total. The first kappa shape index (κ1) is 21.1. The number of imidazole rings is 1. The largest absolute Gasteiger partial charge is 0.484 e. The maximum absolute atomic E-state index is 13.1. The molecule has 1 fully saturated rings. The van der Waals surface area contributed by atoms with E-state index in [4.69, 9.17) is 4.74 Å². The van der Waals surface area contributed by atoms with Crippen LogP contribution < -0.4 is 10.4 Å². The molecular weight excluding hydrogens is 420 g/mol. The number of aryl methyl sites for hydroxylation is 2. The second-order valence-corrected chi connectivity index (χ2v) is 9.38. The lowest BCUT2D eigenvalue weighted by molar-refractivity contribution is -0.134. The molecule has 1 aliphatic rings. The molecule has 1 saturated heterocycles. The molecule has 0 atom stereocenters. The van der Waals surface area contributed by atoms with E-state index >= 15 is 0 Å². The highest BCUT2D eigenvalue weighted by Crippen LogP contribution is 2.22. The van der Waals surface area contributed by atoms with E-state index in [9.17, 15) is 18.0 Å². The number of benzene rings is 2. The van der Waals surface area contributed by atoms with E-state index in [1.165, 1.54) is 25.6 Å². The maximum atomic E-state index is 13.1. The lowest BCUT2D eigenvalue weighted by Gasteiger charge is -2.34. The summed E-state index contributed by atoms with van der Waals surface area (Å²) in [5.41, 5.74) is 1.01. The molecule has 4 rings (SSSR count). The summed E-state index contributed by atoms with van der Waals surface area (Å²) in [5.74, 6) is 0.435. The van der Waals surface area contributed by atoms with Crippen molar-refractivity contribution in [1.82, 2.24) is 18.3 Å². The molecule has 0 spiro atoms. The van der Waals surface area contributed by atoms with Crippen molar-refractivity contribution in [2.45, 2.75) is 4.90 Å². The summed E-state index contributed by atoms with van der Waals surface area (Å²) in [5, 5.41) is 0. The highest BCUT2D eigenvalue weighted by molar-refractivity contribution is 7.89. The molecule has 0 N–H and O–H groups in total. The third-order valence-electron chi connectivity index (χ3n) is 5.58. The number of piperazine rings is 1. The number of aromatic nitrogens is 2. The quantitative estimate of drug-likeness (QED) is 0.580.